The zero-order valence-corrected chi connectivity index (χ0v) is 12.5. The van der Waals surface area contributed by atoms with Crippen molar-refractivity contribution in [3.05, 3.63) is 28.2 Å². The summed E-state index contributed by atoms with van der Waals surface area (Å²) in [5.74, 6) is 0.0773. The Bertz CT molecular complexity index is 407. The zero-order chi connectivity index (χ0) is 13.5. The quantitative estimate of drug-likeness (QED) is 0.620. The minimum atomic E-state index is 0.0773. The number of hydrogen-bond donors (Lipinski definition) is 1. The maximum Gasteiger partial charge on any atom is 0.161 e. The average molecular weight is 314 g/mol. The van der Waals surface area contributed by atoms with Crippen molar-refractivity contribution in [3.8, 4) is 0 Å². The van der Waals surface area contributed by atoms with Gasteiger partial charge in [-0.2, -0.15) is 0 Å². The van der Waals surface area contributed by atoms with Crippen molar-refractivity contribution in [1.29, 1.82) is 0 Å². The first-order valence-electron chi connectivity index (χ1n) is 6.18. The van der Waals surface area contributed by atoms with Crippen LogP contribution in [0.4, 0.5) is 5.69 Å². The molecule has 1 aromatic rings. The summed E-state index contributed by atoms with van der Waals surface area (Å²) >= 11 is 3.39. The number of halogens is 1. The number of benzene rings is 1. The van der Waals surface area contributed by atoms with Crippen molar-refractivity contribution >= 4 is 27.4 Å². The fourth-order valence-electron chi connectivity index (χ4n) is 1.88. The van der Waals surface area contributed by atoms with Gasteiger partial charge in [-0.05, 0) is 44.4 Å². The lowest BCUT2D eigenvalue weighted by atomic mass is 10.1. The van der Waals surface area contributed by atoms with Crippen molar-refractivity contribution < 1.29 is 9.90 Å². The van der Waals surface area contributed by atoms with Crippen LogP contribution in [0.15, 0.2) is 22.7 Å². The number of carbonyl (C=O) groups excluding carboxylic acids is 1. The normalized spacial score (nSPS) is 10.4. The molecule has 0 bridgehead atoms. The van der Waals surface area contributed by atoms with Crippen LogP contribution in [0.1, 0.15) is 36.5 Å². The Morgan fingerprint density at radius 3 is 2.67 bits per heavy atom. The van der Waals surface area contributed by atoms with Gasteiger partial charge in [-0.25, -0.2) is 0 Å². The van der Waals surface area contributed by atoms with Crippen molar-refractivity contribution in [1.82, 2.24) is 0 Å². The molecule has 0 aliphatic heterocycles. The molecule has 3 nitrogen and oxygen atoms in total. The summed E-state index contributed by atoms with van der Waals surface area (Å²) in [7, 11) is 1.99. The van der Waals surface area contributed by atoms with E-state index in [1.165, 1.54) is 0 Å². The van der Waals surface area contributed by atoms with Crippen LogP contribution in [-0.2, 0) is 0 Å². The number of ketones is 1. The van der Waals surface area contributed by atoms with E-state index in [-0.39, 0.29) is 12.4 Å². The van der Waals surface area contributed by atoms with Crippen molar-refractivity contribution in [2.45, 2.75) is 26.2 Å². The Balaban J connectivity index is 2.72. The van der Waals surface area contributed by atoms with Crippen LogP contribution in [-0.4, -0.2) is 31.1 Å². The second kappa shape index (κ2) is 7.54. The van der Waals surface area contributed by atoms with E-state index in [1.54, 1.807) is 6.92 Å². The van der Waals surface area contributed by atoms with Gasteiger partial charge < -0.3 is 10.0 Å². The molecule has 1 N–H and O–H groups in total. The molecule has 1 aromatic carbocycles. The van der Waals surface area contributed by atoms with Crippen LogP contribution in [0.5, 0.6) is 0 Å². The zero-order valence-electron chi connectivity index (χ0n) is 10.9. The standard InChI is InChI=1S/C14H20BrNO2/c1-11(18)13-10-12(15)6-7-14(13)16(2)8-4-3-5-9-17/h6-7,10,17H,3-5,8-9H2,1-2H3. The monoisotopic (exact) mass is 313 g/mol. The Morgan fingerprint density at radius 2 is 2.06 bits per heavy atom. The maximum atomic E-state index is 11.6. The second-order valence-electron chi connectivity index (χ2n) is 4.42. The number of aliphatic hydroxyl groups excluding tert-OH is 1. The van der Waals surface area contributed by atoms with Gasteiger partial charge in [0.2, 0.25) is 0 Å². The summed E-state index contributed by atoms with van der Waals surface area (Å²) in [6.45, 7) is 2.73. The van der Waals surface area contributed by atoms with Crippen LogP contribution in [0, 0.1) is 0 Å². The first kappa shape index (κ1) is 15.2. The molecule has 0 radical (unpaired) electrons. The highest BCUT2D eigenvalue weighted by atomic mass is 79.9. The second-order valence-corrected chi connectivity index (χ2v) is 5.34. The summed E-state index contributed by atoms with van der Waals surface area (Å²) in [5, 5.41) is 8.73. The van der Waals surface area contributed by atoms with E-state index < -0.39 is 0 Å². The van der Waals surface area contributed by atoms with Gasteiger partial charge in [-0.3, -0.25) is 4.79 Å². The third kappa shape index (κ3) is 4.42. The molecule has 0 aromatic heterocycles. The number of rotatable bonds is 7. The summed E-state index contributed by atoms with van der Waals surface area (Å²) in [6.07, 6.45) is 2.87. The molecule has 0 heterocycles. The molecule has 0 saturated heterocycles. The van der Waals surface area contributed by atoms with Crippen LogP contribution < -0.4 is 4.90 Å². The smallest absolute Gasteiger partial charge is 0.161 e. The Kier molecular flexibility index (Phi) is 6.36. The molecule has 0 aliphatic rings. The fourth-order valence-corrected chi connectivity index (χ4v) is 2.24. The highest BCUT2D eigenvalue weighted by Gasteiger charge is 2.11. The molecular formula is C14H20BrNO2. The number of anilines is 1. The van der Waals surface area contributed by atoms with Gasteiger partial charge in [0.1, 0.15) is 0 Å². The van der Waals surface area contributed by atoms with E-state index in [4.69, 9.17) is 5.11 Å². The van der Waals surface area contributed by atoms with Gasteiger partial charge in [0.05, 0.1) is 0 Å². The van der Waals surface area contributed by atoms with E-state index in [0.717, 1.165) is 41.5 Å². The first-order chi connectivity index (χ1) is 8.56. The lowest BCUT2D eigenvalue weighted by Crippen LogP contribution is -2.20. The van der Waals surface area contributed by atoms with Gasteiger partial charge >= 0.3 is 0 Å². The molecule has 0 unspecified atom stereocenters. The number of unbranched alkanes of at least 4 members (excludes halogenated alkanes) is 2. The minimum absolute atomic E-state index is 0.0773. The first-order valence-corrected chi connectivity index (χ1v) is 6.98. The summed E-state index contributed by atoms with van der Waals surface area (Å²) in [5.41, 5.74) is 1.71. The van der Waals surface area contributed by atoms with Crippen LogP contribution in [0.2, 0.25) is 0 Å². The van der Waals surface area contributed by atoms with E-state index in [1.807, 2.05) is 25.2 Å². The lowest BCUT2D eigenvalue weighted by Gasteiger charge is -2.21. The number of Topliss-reactive ketones (excluding diaryl/α,β-unsaturated/α-hetero) is 1. The Morgan fingerprint density at radius 1 is 1.33 bits per heavy atom. The predicted octanol–water partition coefficient (Wildman–Crippen LogP) is 3.25. The SMILES string of the molecule is CC(=O)c1cc(Br)ccc1N(C)CCCCCO. The number of hydrogen-bond acceptors (Lipinski definition) is 3. The summed E-state index contributed by atoms with van der Waals surface area (Å²) in [4.78, 5) is 13.7. The Hall–Kier alpha value is -0.870. The molecule has 4 heteroatoms. The third-order valence-corrected chi connectivity index (χ3v) is 3.39. The van der Waals surface area contributed by atoms with Crippen LogP contribution in [0.3, 0.4) is 0 Å². The van der Waals surface area contributed by atoms with E-state index in [9.17, 15) is 4.79 Å². The van der Waals surface area contributed by atoms with Gasteiger partial charge in [0.25, 0.3) is 0 Å². The maximum absolute atomic E-state index is 11.6. The third-order valence-electron chi connectivity index (χ3n) is 2.90. The minimum Gasteiger partial charge on any atom is -0.396 e. The van der Waals surface area contributed by atoms with E-state index >= 15 is 0 Å². The van der Waals surface area contributed by atoms with Gasteiger partial charge in [0, 0.05) is 35.9 Å². The van der Waals surface area contributed by atoms with Gasteiger partial charge in [-0.15, -0.1) is 0 Å². The van der Waals surface area contributed by atoms with Crippen LogP contribution in [0.25, 0.3) is 0 Å². The van der Waals surface area contributed by atoms with Crippen LogP contribution >= 0.6 is 15.9 Å². The Labute approximate surface area is 117 Å². The molecule has 18 heavy (non-hydrogen) atoms. The molecule has 1 rings (SSSR count). The average Bonchev–Trinajstić information content (AvgIpc) is 2.34. The molecule has 0 fully saturated rings. The molecule has 0 aliphatic carbocycles. The highest BCUT2D eigenvalue weighted by molar-refractivity contribution is 9.10. The number of aliphatic hydroxyl groups is 1. The molecule has 0 saturated carbocycles. The van der Waals surface area contributed by atoms with Gasteiger partial charge in [-0.1, -0.05) is 15.9 Å². The van der Waals surface area contributed by atoms with Crippen molar-refractivity contribution in [3.63, 3.8) is 0 Å². The predicted molar refractivity (Wildman–Crippen MR) is 78.4 cm³/mol. The molecule has 100 valence electrons. The molecule has 0 spiro atoms. The molecular weight excluding hydrogens is 294 g/mol. The van der Waals surface area contributed by atoms with E-state index in [2.05, 4.69) is 20.8 Å². The van der Waals surface area contributed by atoms with E-state index in [0.29, 0.717) is 0 Å². The number of carbonyl (C=O) groups is 1. The number of nitrogens with zero attached hydrogens (tertiary/aromatic N) is 1. The lowest BCUT2D eigenvalue weighted by molar-refractivity contribution is 0.101. The largest absolute Gasteiger partial charge is 0.396 e. The van der Waals surface area contributed by atoms with Gasteiger partial charge in [0.15, 0.2) is 5.78 Å². The summed E-state index contributed by atoms with van der Waals surface area (Å²) in [6, 6.07) is 5.78. The van der Waals surface area contributed by atoms with Crippen molar-refractivity contribution in [2.24, 2.45) is 0 Å². The molecule has 0 atom stereocenters. The summed E-state index contributed by atoms with van der Waals surface area (Å²) < 4.78 is 0.921. The van der Waals surface area contributed by atoms with Crippen molar-refractivity contribution in [2.75, 3.05) is 25.1 Å². The highest BCUT2D eigenvalue weighted by Crippen LogP contribution is 2.24. The fraction of sp³-hybridized carbons (Fsp3) is 0.500. The molecule has 0 amide bonds. The topological polar surface area (TPSA) is 40.5 Å².